The number of aliphatic carboxylic acids is 3. The van der Waals surface area contributed by atoms with Crippen LogP contribution in [0, 0.1) is 0 Å². The Morgan fingerprint density at radius 3 is 1.19 bits per heavy atom. The second kappa shape index (κ2) is 32.0. The molecule has 1 radical (unpaired) electrons. The maximum absolute atomic E-state index is 9.00. The zero-order valence-corrected chi connectivity index (χ0v) is 12.9. The van der Waals surface area contributed by atoms with E-state index < -0.39 is 17.9 Å². The fourth-order valence-electron chi connectivity index (χ4n) is 0.284. The molecule has 0 aromatic heterocycles. The molecule has 0 aromatic carbocycles. The van der Waals surface area contributed by atoms with Gasteiger partial charge in [-0.3, -0.25) is 14.4 Å². The van der Waals surface area contributed by atoms with E-state index in [4.69, 9.17) is 46.3 Å². The van der Waals surface area contributed by atoms with Crippen molar-refractivity contribution in [3.8, 4) is 0 Å². The Morgan fingerprint density at radius 1 is 0.952 bits per heavy atom. The van der Waals surface area contributed by atoms with E-state index in [-0.39, 0.29) is 59.3 Å². The maximum atomic E-state index is 9.00. The predicted octanol–water partition coefficient (Wildman–Crippen LogP) is -1.72. The van der Waals surface area contributed by atoms with Gasteiger partial charge in [-0.05, 0) is 6.42 Å². The number of aliphatic hydroxyl groups is 1. The van der Waals surface area contributed by atoms with E-state index >= 15 is 0 Å². The van der Waals surface area contributed by atoms with Crippen LogP contribution in [0.4, 0.5) is 0 Å². The SMILES string of the molecule is CC(=O)O.CC(=O)O.CC(=O)O.NCC(N)CCO.[Mn].[NaH]. The average Bonchev–Trinajstić information content (AvgIpc) is 2.15. The zero-order valence-electron chi connectivity index (χ0n) is 11.7. The molecule has 1 atom stereocenters. The number of rotatable bonds is 3. The van der Waals surface area contributed by atoms with Gasteiger partial charge in [-0.15, -0.1) is 0 Å². The second-order valence-corrected chi connectivity index (χ2v) is 3.07. The second-order valence-electron chi connectivity index (χ2n) is 3.07. The van der Waals surface area contributed by atoms with Crippen molar-refractivity contribution in [1.29, 1.82) is 0 Å². The summed E-state index contributed by atoms with van der Waals surface area (Å²) in [7, 11) is 0. The van der Waals surface area contributed by atoms with Crippen LogP contribution in [-0.2, 0) is 31.5 Å². The average molecular weight is 363 g/mol. The summed E-state index contributed by atoms with van der Waals surface area (Å²) in [5, 5.41) is 30.5. The van der Waals surface area contributed by atoms with Gasteiger partial charge in [-0.25, -0.2) is 0 Å². The summed E-state index contributed by atoms with van der Waals surface area (Å²) in [5.41, 5.74) is 10.4. The molecule has 0 aliphatic heterocycles. The first-order chi connectivity index (χ1) is 8.50. The van der Waals surface area contributed by atoms with E-state index in [1.165, 1.54) is 0 Å². The molecule has 0 fully saturated rings. The fraction of sp³-hybridized carbons (Fsp3) is 0.700. The van der Waals surface area contributed by atoms with Gasteiger partial charge in [0.2, 0.25) is 0 Å². The fourth-order valence-corrected chi connectivity index (χ4v) is 0.284. The van der Waals surface area contributed by atoms with E-state index in [0.717, 1.165) is 20.8 Å². The number of carboxylic acids is 3. The summed E-state index contributed by atoms with van der Waals surface area (Å²) in [6.45, 7) is 3.85. The molecule has 11 heteroatoms. The van der Waals surface area contributed by atoms with Gasteiger partial charge in [0.25, 0.3) is 17.9 Å². The molecule has 0 aromatic rings. The molecule has 0 saturated carbocycles. The molecular weight excluding hydrogens is 338 g/mol. The van der Waals surface area contributed by atoms with Crippen molar-refractivity contribution in [3.63, 3.8) is 0 Å². The minimum absolute atomic E-state index is 0. The number of carboxylic acid groups (broad SMARTS) is 3. The number of hydrogen-bond donors (Lipinski definition) is 6. The predicted molar refractivity (Wildman–Crippen MR) is 75.8 cm³/mol. The van der Waals surface area contributed by atoms with Gasteiger partial charge in [-0.1, -0.05) is 0 Å². The van der Waals surface area contributed by atoms with E-state index in [1.54, 1.807) is 0 Å². The minimum atomic E-state index is -0.833. The molecule has 0 aliphatic carbocycles. The van der Waals surface area contributed by atoms with Crippen LogP contribution in [0.15, 0.2) is 0 Å². The molecule has 0 aliphatic rings. The van der Waals surface area contributed by atoms with Crippen LogP contribution in [0.3, 0.4) is 0 Å². The zero-order chi connectivity index (χ0) is 16.4. The van der Waals surface area contributed by atoms with Crippen molar-refractivity contribution in [2.24, 2.45) is 11.5 Å². The molecule has 1 unspecified atom stereocenters. The molecule has 0 heterocycles. The summed E-state index contributed by atoms with van der Waals surface area (Å²) in [5.74, 6) is -2.50. The van der Waals surface area contributed by atoms with Gasteiger partial charge >= 0.3 is 29.6 Å². The number of hydrogen-bond acceptors (Lipinski definition) is 6. The van der Waals surface area contributed by atoms with Crippen molar-refractivity contribution in [1.82, 2.24) is 0 Å². The van der Waals surface area contributed by atoms with Crippen molar-refractivity contribution in [3.05, 3.63) is 0 Å². The van der Waals surface area contributed by atoms with Crippen molar-refractivity contribution in [2.75, 3.05) is 13.2 Å². The third-order valence-electron chi connectivity index (χ3n) is 0.803. The topological polar surface area (TPSA) is 184 Å². The molecule has 0 saturated heterocycles. The standard InChI is InChI=1S/C4H12N2O.3C2H4O2.Mn.Na.H/c5-3-4(6)1-2-7;3*1-2(3)4;;;/h4,7H,1-3,5-6H2;3*1H3,(H,3,4);;;. The summed E-state index contributed by atoms with van der Waals surface area (Å²) < 4.78 is 0. The Kier molecular flexibility index (Phi) is 56.7. The van der Waals surface area contributed by atoms with Crippen LogP contribution in [0.25, 0.3) is 0 Å². The van der Waals surface area contributed by atoms with Crippen molar-refractivity contribution < 1.29 is 51.9 Å². The van der Waals surface area contributed by atoms with E-state index in [0.29, 0.717) is 13.0 Å². The first kappa shape index (κ1) is 37.2. The summed E-state index contributed by atoms with van der Waals surface area (Å²) in [6, 6.07) is -0.0231. The third-order valence-corrected chi connectivity index (χ3v) is 0.803. The molecule has 0 bridgehead atoms. The molecule has 0 spiro atoms. The van der Waals surface area contributed by atoms with Crippen LogP contribution in [0.2, 0.25) is 0 Å². The van der Waals surface area contributed by atoms with E-state index in [1.807, 2.05) is 0 Å². The Morgan fingerprint density at radius 2 is 1.14 bits per heavy atom. The number of nitrogens with two attached hydrogens (primary N) is 2. The molecular formula is C10H25MnN2NaO7. The molecule has 0 amide bonds. The van der Waals surface area contributed by atoms with Crippen molar-refractivity contribution >= 4 is 47.5 Å². The van der Waals surface area contributed by atoms with Gasteiger partial charge in [0, 0.05) is 57.0 Å². The quantitative estimate of drug-likeness (QED) is 0.317. The first-order valence-electron chi connectivity index (χ1n) is 5.16. The van der Waals surface area contributed by atoms with Crippen LogP contribution >= 0.6 is 0 Å². The third kappa shape index (κ3) is 272. The Bertz CT molecular complexity index is 205. The molecule has 21 heavy (non-hydrogen) atoms. The Hall–Kier alpha value is -0.191. The number of aliphatic hydroxyl groups excluding tert-OH is 1. The monoisotopic (exact) mass is 363 g/mol. The van der Waals surface area contributed by atoms with Gasteiger partial charge in [0.05, 0.1) is 0 Å². The van der Waals surface area contributed by atoms with Crippen molar-refractivity contribution in [2.45, 2.75) is 33.2 Å². The molecule has 8 N–H and O–H groups in total. The van der Waals surface area contributed by atoms with Gasteiger partial charge in [-0.2, -0.15) is 0 Å². The summed E-state index contributed by atoms with van der Waals surface area (Å²) in [4.78, 5) is 27.0. The van der Waals surface area contributed by atoms with Crippen LogP contribution < -0.4 is 11.5 Å². The molecule has 125 valence electrons. The van der Waals surface area contributed by atoms with Crippen LogP contribution in [0.1, 0.15) is 27.2 Å². The van der Waals surface area contributed by atoms with E-state index in [9.17, 15) is 0 Å². The van der Waals surface area contributed by atoms with Gasteiger partial charge in [0.1, 0.15) is 0 Å². The Balaban J connectivity index is -0.0000000359. The normalized spacial score (nSPS) is 8.29. The Labute approximate surface area is 156 Å². The first-order valence-corrected chi connectivity index (χ1v) is 5.16. The van der Waals surface area contributed by atoms with Crippen LogP contribution in [-0.4, -0.2) is 87.1 Å². The van der Waals surface area contributed by atoms with Gasteiger partial charge in [0.15, 0.2) is 0 Å². The van der Waals surface area contributed by atoms with Gasteiger partial charge < -0.3 is 31.9 Å². The van der Waals surface area contributed by atoms with E-state index in [2.05, 4.69) is 0 Å². The number of carbonyl (C=O) groups is 3. The summed E-state index contributed by atoms with van der Waals surface area (Å²) >= 11 is 0. The molecule has 9 nitrogen and oxygen atoms in total. The summed E-state index contributed by atoms with van der Waals surface area (Å²) in [6.07, 6.45) is 0.608. The van der Waals surface area contributed by atoms with Crippen LogP contribution in [0.5, 0.6) is 0 Å². The molecule has 0 rings (SSSR count).